The summed E-state index contributed by atoms with van der Waals surface area (Å²) in [6.45, 7) is 5.96. The topological polar surface area (TPSA) is 77.8 Å². The number of aliphatic imine (C=N–C) groups is 1. The first-order valence-corrected chi connectivity index (χ1v) is 8.02. The number of hydrogen-bond donors (Lipinski definition) is 2. The van der Waals surface area contributed by atoms with E-state index in [0.29, 0.717) is 0 Å². The number of nitrogens with zero attached hydrogens (tertiary/aromatic N) is 3. The summed E-state index contributed by atoms with van der Waals surface area (Å²) in [5.74, 6) is -1.05. The maximum atomic E-state index is 13.7. The third kappa shape index (κ3) is 2.67. The van der Waals surface area contributed by atoms with Gasteiger partial charge in [0, 0.05) is 6.21 Å². The number of carbonyl (C=O) groups excluding carboxylic acids is 1. The highest BCUT2D eigenvalue weighted by atomic mass is 35.5. The Hall–Kier alpha value is -1.99. The molecule has 0 saturated carbocycles. The van der Waals surface area contributed by atoms with Crippen molar-refractivity contribution in [3.05, 3.63) is 34.2 Å². The van der Waals surface area contributed by atoms with Gasteiger partial charge in [-0.2, -0.15) is 0 Å². The normalized spacial score (nSPS) is 26.3. The molecule has 2 aliphatic rings. The van der Waals surface area contributed by atoms with Crippen molar-refractivity contribution in [2.24, 2.45) is 10.9 Å². The maximum absolute atomic E-state index is 13.7. The van der Waals surface area contributed by atoms with Crippen molar-refractivity contribution in [3.8, 4) is 0 Å². The van der Waals surface area contributed by atoms with Gasteiger partial charge in [-0.15, -0.1) is 0 Å². The van der Waals surface area contributed by atoms with Crippen LogP contribution < -0.4 is 10.2 Å². The molecule has 0 fully saturated rings. The fraction of sp³-hybridized carbons (Fsp3) is 0.438. The summed E-state index contributed by atoms with van der Waals surface area (Å²) in [5, 5.41) is 12.5. The average molecular weight is 353 g/mol. The average Bonchev–Trinajstić information content (AvgIpc) is 2.50. The molecule has 0 radical (unpaired) electrons. The number of aromatic nitrogens is 1. The van der Waals surface area contributed by atoms with Gasteiger partial charge in [0.05, 0.1) is 17.6 Å². The molecule has 3 atom stereocenters. The zero-order chi connectivity index (χ0) is 17.6. The number of rotatable bonds is 2. The Bertz CT molecular complexity index is 750. The van der Waals surface area contributed by atoms with E-state index in [1.165, 1.54) is 4.90 Å². The van der Waals surface area contributed by atoms with Crippen LogP contribution in [0.25, 0.3) is 0 Å². The molecule has 0 aromatic carbocycles. The summed E-state index contributed by atoms with van der Waals surface area (Å²) >= 11 is 5.81. The molecule has 2 N–H and O–H groups in total. The Kier molecular flexibility index (Phi) is 4.31. The molecule has 24 heavy (non-hydrogen) atoms. The monoisotopic (exact) mass is 352 g/mol. The van der Waals surface area contributed by atoms with Crippen LogP contribution in [-0.2, 0) is 0 Å². The predicted octanol–water partition coefficient (Wildman–Crippen LogP) is 2.12. The van der Waals surface area contributed by atoms with Gasteiger partial charge in [0.15, 0.2) is 11.0 Å². The van der Waals surface area contributed by atoms with Crippen molar-refractivity contribution < 1.29 is 14.3 Å². The number of pyridine rings is 1. The standard InChI is InChI=1S/C16H18ClFN4O2/c1-7(2)11-12(8(3)4-5-19-11)22-14-9(15(23)21-16(22)24)6-10(18)13(17)20-14/h4-7,11-12,16,24H,1-3H3,(H,21,23). The minimum absolute atomic E-state index is 0.0343. The number of halogens is 2. The van der Waals surface area contributed by atoms with Gasteiger partial charge in [-0.3, -0.25) is 9.79 Å². The van der Waals surface area contributed by atoms with Crippen LogP contribution >= 0.6 is 11.6 Å². The second-order valence-corrected chi connectivity index (χ2v) is 6.63. The molecule has 6 nitrogen and oxygen atoms in total. The zero-order valence-electron chi connectivity index (χ0n) is 13.5. The second kappa shape index (κ2) is 6.14. The first-order valence-electron chi connectivity index (χ1n) is 7.64. The van der Waals surface area contributed by atoms with Crippen molar-refractivity contribution in [2.45, 2.75) is 39.2 Å². The minimum atomic E-state index is -1.30. The molecule has 1 aromatic rings. The molecule has 3 rings (SSSR count). The number of nitrogens with one attached hydrogen (secondary N) is 1. The van der Waals surface area contributed by atoms with Crippen LogP contribution in [0.3, 0.4) is 0 Å². The molecule has 0 spiro atoms. The van der Waals surface area contributed by atoms with Crippen molar-refractivity contribution in [1.82, 2.24) is 10.3 Å². The molecular formula is C16H18ClFN4O2. The van der Waals surface area contributed by atoms with E-state index >= 15 is 0 Å². The number of aliphatic hydroxyl groups is 1. The molecule has 8 heteroatoms. The van der Waals surface area contributed by atoms with E-state index in [4.69, 9.17) is 11.6 Å². The zero-order valence-corrected chi connectivity index (χ0v) is 14.3. The number of amides is 1. The van der Waals surface area contributed by atoms with Crippen molar-refractivity contribution >= 4 is 29.5 Å². The molecule has 128 valence electrons. The largest absolute Gasteiger partial charge is 0.356 e. The SMILES string of the molecule is CC1=CC=NC(C(C)C)C1N1c2nc(Cl)c(F)cc2C(=O)NC1O. The molecule has 1 amide bonds. The van der Waals surface area contributed by atoms with Gasteiger partial charge in [0.1, 0.15) is 5.82 Å². The van der Waals surface area contributed by atoms with E-state index in [-0.39, 0.29) is 34.5 Å². The van der Waals surface area contributed by atoms with Gasteiger partial charge < -0.3 is 15.3 Å². The van der Waals surface area contributed by atoms with Crippen molar-refractivity contribution in [1.29, 1.82) is 0 Å². The highest BCUT2D eigenvalue weighted by Crippen LogP contribution is 2.34. The lowest BCUT2D eigenvalue weighted by molar-refractivity contribution is 0.0710. The highest BCUT2D eigenvalue weighted by molar-refractivity contribution is 6.29. The second-order valence-electron chi connectivity index (χ2n) is 6.27. The van der Waals surface area contributed by atoms with Gasteiger partial charge >= 0.3 is 0 Å². The highest BCUT2D eigenvalue weighted by Gasteiger charge is 2.41. The number of dihydropyridines is 1. The molecular weight excluding hydrogens is 335 g/mol. The Labute approximate surface area is 144 Å². The number of allylic oxidation sites excluding steroid dienone is 1. The molecule has 0 saturated heterocycles. The molecule has 0 bridgehead atoms. The Balaban J connectivity index is 2.15. The smallest absolute Gasteiger partial charge is 0.258 e. The molecule has 0 aliphatic carbocycles. The summed E-state index contributed by atoms with van der Waals surface area (Å²) in [4.78, 5) is 22.1. The predicted molar refractivity (Wildman–Crippen MR) is 89.8 cm³/mol. The lowest BCUT2D eigenvalue weighted by Crippen LogP contribution is -2.61. The lowest BCUT2D eigenvalue weighted by atomic mass is 9.88. The van der Waals surface area contributed by atoms with Gasteiger partial charge in [0.2, 0.25) is 6.35 Å². The number of hydrogen-bond acceptors (Lipinski definition) is 5. The summed E-state index contributed by atoms with van der Waals surface area (Å²) in [6, 6.07) is 0.547. The van der Waals surface area contributed by atoms with Gasteiger partial charge in [0.25, 0.3) is 5.91 Å². The van der Waals surface area contributed by atoms with E-state index < -0.39 is 18.1 Å². The molecule has 3 unspecified atom stereocenters. The van der Waals surface area contributed by atoms with Gasteiger partial charge in [-0.1, -0.05) is 25.4 Å². The fourth-order valence-electron chi connectivity index (χ4n) is 3.12. The summed E-state index contributed by atoms with van der Waals surface area (Å²) in [5.41, 5.74) is 0.985. The van der Waals surface area contributed by atoms with Crippen LogP contribution in [0.5, 0.6) is 0 Å². The number of anilines is 1. The Morgan fingerprint density at radius 3 is 2.83 bits per heavy atom. The quantitative estimate of drug-likeness (QED) is 0.799. The fourth-order valence-corrected chi connectivity index (χ4v) is 3.25. The van der Waals surface area contributed by atoms with E-state index in [0.717, 1.165) is 11.6 Å². The van der Waals surface area contributed by atoms with E-state index in [1.54, 1.807) is 6.21 Å². The molecule has 1 aromatic heterocycles. The van der Waals surface area contributed by atoms with Gasteiger partial charge in [-0.05, 0) is 30.6 Å². The lowest BCUT2D eigenvalue weighted by Gasteiger charge is -2.44. The number of carbonyl (C=O) groups is 1. The third-order valence-electron chi connectivity index (χ3n) is 4.29. The van der Waals surface area contributed by atoms with E-state index in [9.17, 15) is 14.3 Å². The number of aliphatic hydroxyl groups excluding tert-OH is 1. The first-order chi connectivity index (χ1) is 11.3. The first kappa shape index (κ1) is 16.9. The van der Waals surface area contributed by atoms with Crippen LogP contribution in [0, 0.1) is 11.7 Å². The van der Waals surface area contributed by atoms with Gasteiger partial charge in [-0.25, -0.2) is 9.37 Å². The van der Waals surface area contributed by atoms with Crippen LogP contribution in [0.1, 0.15) is 31.1 Å². The van der Waals surface area contributed by atoms with Crippen molar-refractivity contribution in [3.63, 3.8) is 0 Å². The summed E-state index contributed by atoms with van der Waals surface area (Å²) < 4.78 is 13.7. The molecule has 3 heterocycles. The van der Waals surface area contributed by atoms with Crippen molar-refractivity contribution in [2.75, 3.05) is 4.90 Å². The summed E-state index contributed by atoms with van der Waals surface area (Å²) in [7, 11) is 0. The Morgan fingerprint density at radius 1 is 1.46 bits per heavy atom. The van der Waals surface area contributed by atoms with Crippen LogP contribution in [0.2, 0.25) is 5.15 Å². The third-order valence-corrected chi connectivity index (χ3v) is 4.56. The van der Waals surface area contributed by atoms with E-state index in [1.807, 2.05) is 26.8 Å². The van der Waals surface area contributed by atoms with Crippen LogP contribution in [-0.4, -0.2) is 40.6 Å². The Morgan fingerprint density at radius 2 is 2.17 bits per heavy atom. The number of fused-ring (bicyclic) bond motifs is 1. The minimum Gasteiger partial charge on any atom is -0.356 e. The molecule has 2 aliphatic heterocycles. The maximum Gasteiger partial charge on any atom is 0.258 e. The van der Waals surface area contributed by atoms with Crippen LogP contribution in [0.4, 0.5) is 10.2 Å². The van der Waals surface area contributed by atoms with E-state index in [2.05, 4.69) is 15.3 Å². The van der Waals surface area contributed by atoms with Crippen LogP contribution in [0.15, 0.2) is 22.7 Å². The summed E-state index contributed by atoms with van der Waals surface area (Å²) in [6.07, 6.45) is 2.27.